The van der Waals surface area contributed by atoms with E-state index in [-0.39, 0.29) is 31.3 Å². The van der Waals surface area contributed by atoms with Gasteiger partial charge >= 0.3 is 15.2 Å². The summed E-state index contributed by atoms with van der Waals surface area (Å²) in [6, 6.07) is 0. The number of alkyl halides is 1. The van der Waals surface area contributed by atoms with E-state index in [0.717, 1.165) is 6.08 Å². The van der Waals surface area contributed by atoms with Crippen LogP contribution >= 0.6 is 26.8 Å². The van der Waals surface area contributed by atoms with Crippen molar-refractivity contribution in [1.29, 1.82) is 0 Å². The average Bonchev–Trinajstić information content (AvgIpc) is 2.94. The van der Waals surface area contributed by atoms with Crippen molar-refractivity contribution in [1.82, 2.24) is 0 Å². The fraction of sp³-hybridized carbons (Fsp3) is 0.727. The van der Waals surface area contributed by atoms with Crippen LogP contribution < -0.4 is 0 Å². The lowest BCUT2D eigenvalue weighted by Gasteiger charge is -2.65. The molecule has 0 aromatic rings. The number of hydrogen-bond donors (Lipinski definition) is 7. The first-order chi connectivity index (χ1) is 16.2. The lowest BCUT2D eigenvalue weighted by atomic mass is 9.45. The smallest absolute Gasteiger partial charge is 0.360 e. The first-order valence-corrected chi connectivity index (χ1v) is 15.2. The summed E-state index contributed by atoms with van der Waals surface area (Å²) in [6.07, 6.45) is -0.405. The molecule has 0 aromatic heterocycles. The van der Waals surface area contributed by atoms with E-state index in [4.69, 9.17) is 11.6 Å². The fourth-order valence-corrected chi connectivity index (χ4v) is 11.7. The van der Waals surface area contributed by atoms with Gasteiger partial charge < -0.3 is 34.9 Å². The monoisotopic (exact) mass is 568 g/mol. The fourth-order valence-electron chi connectivity index (χ4n) is 8.14. The quantitative estimate of drug-likeness (QED) is 0.189. The highest BCUT2D eigenvalue weighted by Gasteiger charge is 2.76. The van der Waals surface area contributed by atoms with Crippen LogP contribution in [0.1, 0.15) is 46.5 Å². The summed E-state index contributed by atoms with van der Waals surface area (Å²) in [5.41, 5.74) is -5.13. The molecule has 3 fully saturated rings. The zero-order chi connectivity index (χ0) is 27.4. The topological polar surface area (TPSA) is 210 Å². The van der Waals surface area contributed by atoms with Gasteiger partial charge in [-0.2, -0.15) is 0 Å². The van der Waals surface area contributed by atoms with Crippen molar-refractivity contribution in [2.75, 3.05) is 6.61 Å². The molecule has 0 spiro atoms. The van der Waals surface area contributed by atoms with Crippen LogP contribution in [0.25, 0.3) is 0 Å². The molecule has 14 heteroatoms. The van der Waals surface area contributed by atoms with Gasteiger partial charge in [-0.15, -0.1) is 11.6 Å². The summed E-state index contributed by atoms with van der Waals surface area (Å²) in [5, 5.41) is 30.3. The maximum absolute atomic E-state index is 12.8. The van der Waals surface area contributed by atoms with Crippen LogP contribution in [0.3, 0.4) is 0 Å². The second-order valence-corrected chi connectivity index (χ2v) is 14.8. The number of allylic oxidation sites excluding steroid dienone is 4. The SMILES string of the molecule is C[C@H]1C[C@H]2[C@@H]3CCC4=CC(=O)C(P(=O)(O)O)=C(P(=O)(O)O)[C@@]4(C)[C@@]3(Cl)[C@@H](O)C[C@]2(C)[C@@]1(O)C(=O)CO. The number of aliphatic hydroxyl groups excluding tert-OH is 2. The molecule has 0 aromatic carbocycles. The summed E-state index contributed by atoms with van der Waals surface area (Å²) in [6.45, 7) is 3.62. The van der Waals surface area contributed by atoms with Crippen LogP contribution in [0.15, 0.2) is 22.3 Å². The lowest BCUT2D eigenvalue weighted by molar-refractivity contribution is -0.179. The molecule has 4 aliphatic rings. The average molecular weight is 569 g/mol. The second-order valence-electron chi connectivity index (χ2n) is 11.1. The summed E-state index contributed by atoms with van der Waals surface area (Å²) >= 11 is 7.24. The first kappa shape index (κ1) is 28.3. The van der Waals surface area contributed by atoms with Crippen molar-refractivity contribution >= 4 is 38.4 Å². The number of carbonyl (C=O) groups is 2. The summed E-state index contributed by atoms with van der Waals surface area (Å²) < 4.78 is 25.1. The molecule has 0 heterocycles. The molecule has 0 saturated heterocycles. The summed E-state index contributed by atoms with van der Waals surface area (Å²) in [7, 11) is -11.0. The van der Waals surface area contributed by atoms with Gasteiger partial charge in [-0.05, 0) is 56.4 Å². The van der Waals surface area contributed by atoms with Gasteiger partial charge in [-0.1, -0.05) is 19.4 Å². The van der Waals surface area contributed by atoms with Crippen molar-refractivity contribution in [3.05, 3.63) is 22.3 Å². The molecule has 36 heavy (non-hydrogen) atoms. The number of hydrogen-bond acceptors (Lipinski definition) is 7. The Morgan fingerprint density at radius 1 is 1.14 bits per heavy atom. The first-order valence-electron chi connectivity index (χ1n) is 11.6. The van der Waals surface area contributed by atoms with E-state index >= 15 is 0 Å². The van der Waals surface area contributed by atoms with Gasteiger partial charge in [0.25, 0.3) is 0 Å². The molecule has 0 aliphatic heterocycles. The van der Waals surface area contributed by atoms with E-state index in [0.29, 0.717) is 0 Å². The molecular formula is C22H31ClO11P2. The third-order valence-corrected chi connectivity index (χ3v) is 13.0. The van der Waals surface area contributed by atoms with Crippen molar-refractivity contribution in [2.24, 2.45) is 28.6 Å². The highest BCUT2D eigenvalue weighted by Crippen LogP contribution is 2.77. The van der Waals surface area contributed by atoms with Gasteiger partial charge in [0, 0.05) is 10.8 Å². The second kappa shape index (κ2) is 8.15. The molecule has 4 aliphatic carbocycles. The molecule has 0 bridgehead atoms. The minimum atomic E-state index is -5.53. The van der Waals surface area contributed by atoms with Crippen LogP contribution in [0.5, 0.6) is 0 Å². The Labute approximate surface area is 212 Å². The minimum Gasteiger partial charge on any atom is -0.391 e. The van der Waals surface area contributed by atoms with E-state index in [1.165, 1.54) is 6.92 Å². The molecule has 4 rings (SSSR count). The lowest BCUT2D eigenvalue weighted by Crippen LogP contribution is -2.69. The van der Waals surface area contributed by atoms with Crippen LogP contribution in [0, 0.1) is 28.6 Å². The predicted octanol–water partition coefficient (Wildman–Crippen LogP) is 1.18. The van der Waals surface area contributed by atoms with Crippen LogP contribution in [0.4, 0.5) is 0 Å². The van der Waals surface area contributed by atoms with E-state index in [9.17, 15) is 53.6 Å². The number of ketones is 2. The van der Waals surface area contributed by atoms with Gasteiger partial charge in [-0.25, -0.2) is 0 Å². The van der Waals surface area contributed by atoms with E-state index < -0.39 is 89.2 Å². The Bertz CT molecular complexity index is 1200. The maximum Gasteiger partial charge on any atom is 0.360 e. The third-order valence-electron chi connectivity index (χ3n) is 9.66. The van der Waals surface area contributed by atoms with Gasteiger partial charge in [0.1, 0.15) is 17.5 Å². The third kappa shape index (κ3) is 3.25. The summed E-state index contributed by atoms with van der Waals surface area (Å²) in [5.74, 6) is -3.99. The number of aliphatic hydroxyl groups is 3. The Kier molecular flexibility index (Phi) is 6.41. The number of carbonyl (C=O) groups excluding carboxylic acids is 2. The molecule has 0 radical (unpaired) electrons. The molecule has 3 saturated carbocycles. The molecule has 11 nitrogen and oxygen atoms in total. The Balaban J connectivity index is 2.00. The van der Waals surface area contributed by atoms with Crippen LogP contribution in [0.2, 0.25) is 0 Å². The Morgan fingerprint density at radius 2 is 1.72 bits per heavy atom. The normalized spacial score (nSPS) is 45.1. The standard InChI is InChI=1S/C22H31ClO11P2/c1-10-6-13-12-5-4-11-7-14(25)17(35(29,30)31)18(36(32,33)34)20(11,3)21(12,23)15(26)8-19(13,2)22(10,28)16(27)9-24/h7,10,12-13,15,24,26,28H,4-6,8-9H2,1-3H3,(H2,29,30,31)(H2,32,33,34)/t10-,12-,13-,15-,19-,20-,21-,22-/m0/s1. The zero-order valence-electron chi connectivity index (χ0n) is 20.0. The van der Waals surface area contributed by atoms with E-state index in [1.807, 2.05) is 0 Å². The van der Waals surface area contributed by atoms with Gasteiger partial charge in [0.05, 0.1) is 16.3 Å². The van der Waals surface area contributed by atoms with Gasteiger partial charge in [-0.3, -0.25) is 18.7 Å². The van der Waals surface area contributed by atoms with Gasteiger partial charge in [0.2, 0.25) is 0 Å². The molecule has 8 atom stereocenters. The predicted molar refractivity (Wildman–Crippen MR) is 127 cm³/mol. The largest absolute Gasteiger partial charge is 0.391 e. The number of fused-ring (bicyclic) bond motifs is 5. The highest BCUT2D eigenvalue weighted by molar-refractivity contribution is 7.62. The molecule has 0 amide bonds. The Hall–Kier alpha value is -0.710. The van der Waals surface area contributed by atoms with Crippen molar-refractivity contribution < 1.29 is 53.6 Å². The molecule has 0 unspecified atom stereocenters. The molecular weight excluding hydrogens is 538 g/mol. The maximum atomic E-state index is 12.8. The molecule has 7 N–H and O–H groups in total. The number of rotatable bonds is 4. The van der Waals surface area contributed by atoms with E-state index in [1.54, 1.807) is 13.8 Å². The molecule has 202 valence electrons. The van der Waals surface area contributed by atoms with Crippen LogP contribution in [-0.2, 0) is 18.7 Å². The minimum absolute atomic E-state index is 0.0827. The number of halogens is 1. The zero-order valence-corrected chi connectivity index (χ0v) is 22.5. The Morgan fingerprint density at radius 3 is 2.22 bits per heavy atom. The van der Waals surface area contributed by atoms with Crippen molar-refractivity contribution in [3.63, 3.8) is 0 Å². The highest BCUT2D eigenvalue weighted by atomic mass is 35.5. The van der Waals surface area contributed by atoms with Gasteiger partial charge in [0.15, 0.2) is 11.6 Å². The van der Waals surface area contributed by atoms with Crippen molar-refractivity contribution in [2.45, 2.75) is 63.0 Å². The number of Topliss-reactive ketones (excluding diaryl/α,β-unsaturated/α-hetero) is 1. The summed E-state index contributed by atoms with van der Waals surface area (Å²) in [4.78, 5) is 64.1. The van der Waals surface area contributed by atoms with Crippen molar-refractivity contribution in [3.8, 4) is 0 Å². The van der Waals surface area contributed by atoms with Crippen LogP contribution in [-0.4, -0.2) is 69.6 Å². The van der Waals surface area contributed by atoms with E-state index in [2.05, 4.69) is 0 Å².